The summed E-state index contributed by atoms with van der Waals surface area (Å²) in [6, 6.07) is 2.13. The molecule has 0 heterocycles. The van der Waals surface area contributed by atoms with Gasteiger partial charge in [0.25, 0.3) is 0 Å². The highest BCUT2D eigenvalue weighted by Crippen LogP contribution is 2.32. The second-order valence-electron chi connectivity index (χ2n) is 4.99. The summed E-state index contributed by atoms with van der Waals surface area (Å²) in [5, 5.41) is -0.313. The summed E-state index contributed by atoms with van der Waals surface area (Å²) in [5.74, 6) is 0. The second-order valence-corrected chi connectivity index (χ2v) is 7.19. The van der Waals surface area contributed by atoms with Gasteiger partial charge in [-0.25, -0.2) is 13.1 Å². The van der Waals surface area contributed by atoms with Gasteiger partial charge in [0.15, 0.2) is 0 Å². The number of alkyl halides is 3. The molecule has 0 spiro atoms. The van der Waals surface area contributed by atoms with E-state index in [1.54, 1.807) is 13.8 Å². The van der Waals surface area contributed by atoms with Crippen molar-refractivity contribution in [3.05, 3.63) is 28.8 Å². The summed E-state index contributed by atoms with van der Waals surface area (Å²) in [4.78, 5) is -0.554. The lowest BCUT2D eigenvalue weighted by atomic mass is 10.1. The number of nitrogens with one attached hydrogen (secondary N) is 1. The average Bonchev–Trinajstić information content (AvgIpc) is 2.23. The van der Waals surface area contributed by atoms with E-state index < -0.39 is 32.2 Å². The van der Waals surface area contributed by atoms with Crippen molar-refractivity contribution in [2.45, 2.75) is 30.5 Å². The Morgan fingerprint density at radius 1 is 1.24 bits per heavy atom. The van der Waals surface area contributed by atoms with Gasteiger partial charge in [-0.05, 0) is 32.0 Å². The zero-order chi connectivity index (χ0) is 15.8. The van der Waals surface area contributed by atoms with Crippen LogP contribution >= 0.6 is 24.0 Å². The Bertz CT molecular complexity index is 598. The normalized spacial score (nSPS) is 12.9. The van der Waals surface area contributed by atoms with Gasteiger partial charge in [0, 0.05) is 17.1 Å². The molecule has 1 aromatic carbocycles. The Hall–Kier alpha value is -0.540. The van der Waals surface area contributed by atoms with Crippen LogP contribution in [0, 0.1) is 0 Å². The molecule has 1 rings (SSSR count). The van der Waals surface area contributed by atoms with Crippen LogP contribution in [0.25, 0.3) is 0 Å². The van der Waals surface area contributed by atoms with Crippen LogP contribution in [0.4, 0.5) is 13.2 Å². The van der Waals surface area contributed by atoms with E-state index in [4.69, 9.17) is 17.3 Å². The van der Waals surface area contributed by atoms with Gasteiger partial charge in [0.05, 0.1) is 10.5 Å². The molecule has 3 N–H and O–H groups in total. The highest BCUT2D eigenvalue weighted by molar-refractivity contribution is 7.89. The lowest BCUT2D eigenvalue weighted by Gasteiger charge is -2.19. The van der Waals surface area contributed by atoms with Crippen LogP contribution in [0.2, 0.25) is 5.02 Å². The van der Waals surface area contributed by atoms with Crippen molar-refractivity contribution in [2.75, 3.05) is 6.54 Å². The van der Waals surface area contributed by atoms with Gasteiger partial charge < -0.3 is 5.73 Å². The fraction of sp³-hybridized carbons (Fsp3) is 0.455. The molecule has 0 aromatic heterocycles. The Morgan fingerprint density at radius 3 is 2.19 bits per heavy atom. The summed E-state index contributed by atoms with van der Waals surface area (Å²) in [6.07, 6.45) is -4.68. The summed E-state index contributed by atoms with van der Waals surface area (Å²) < 4.78 is 63.8. The largest absolute Gasteiger partial charge is 0.416 e. The molecule has 21 heavy (non-hydrogen) atoms. The van der Waals surface area contributed by atoms with Gasteiger partial charge in [0.1, 0.15) is 0 Å². The Balaban J connectivity index is 0.00000400. The average molecular weight is 367 g/mol. The highest BCUT2D eigenvalue weighted by Gasteiger charge is 2.32. The SMILES string of the molecule is CC(C)(N)CNS(=O)(=O)c1cc(Cl)cc(C(F)(F)F)c1.Cl. The van der Waals surface area contributed by atoms with E-state index in [1.807, 2.05) is 0 Å². The van der Waals surface area contributed by atoms with Crippen molar-refractivity contribution in [1.82, 2.24) is 4.72 Å². The molecular weight excluding hydrogens is 352 g/mol. The summed E-state index contributed by atoms with van der Waals surface area (Å²) >= 11 is 5.54. The number of hydrogen-bond donors (Lipinski definition) is 2. The Morgan fingerprint density at radius 2 is 1.76 bits per heavy atom. The molecule has 10 heteroatoms. The van der Waals surface area contributed by atoms with Gasteiger partial charge in [-0.2, -0.15) is 13.2 Å². The van der Waals surface area contributed by atoms with Crippen molar-refractivity contribution < 1.29 is 21.6 Å². The minimum absolute atomic E-state index is 0. The highest BCUT2D eigenvalue weighted by atomic mass is 35.5. The number of benzene rings is 1. The van der Waals surface area contributed by atoms with Gasteiger partial charge in [-0.3, -0.25) is 0 Å². The maximum atomic E-state index is 12.6. The number of halogens is 5. The zero-order valence-electron chi connectivity index (χ0n) is 11.2. The molecular formula is C11H15Cl2F3N2O2S. The fourth-order valence-corrected chi connectivity index (χ4v) is 2.84. The fourth-order valence-electron chi connectivity index (χ4n) is 1.25. The van der Waals surface area contributed by atoms with Gasteiger partial charge in [-0.1, -0.05) is 11.6 Å². The molecule has 0 amide bonds. The first-order chi connectivity index (χ1) is 8.81. The molecule has 0 aliphatic heterocycles. The minimum Gasteiger partial charge on any atom is -0.324 e. The summed E-state index contributed by atoms with van der Waals surface area (Å²) in [6.45, 7) is 3.03. The predicted molar refractivity (Wildman–Crippen MR) is 77.2 cm³/mol. The van der Waals surface area contributed by atoms with Crippen molar-refractivity contribution >= 4 is 34.0 Å². The third kappa shape index (κ3) is 6.39. The van der Waals surface area contributed by atoms with Gasteiger partial charge in [-0.15, -0.1) is 12.4 Å². The lowest BCUT2D eigenvalue weighted by molar-refractivity contribution is -0.137. The summed E-state index contributed by atoms with van der Waals surface area (Å²) in [5.41, 5.74) is 3.65. The van der Waals surface area contributed by atoms with E-state index >= 15 is 0 Å². The maximum Gasteiger partial charge on any atom is 0.416 e. The van der Waals surface area contributed by atoms with Crippen molar-refractivity contribution in [3.8, 4) is 0 Å². The van der Waals surface area contributed by atoms with E-state index in [0.29, 0.717) is 12.1 Å². The Kier molecular flexibility index (Phi) is 6.53. The number of rotatable bonds is 4. The van der Waals surface area contributed by atoms with Crippen LogP contribution in [-0.4, -0.2) is 20.5 Å². The monoisotopic (exact) mass is 366 g/mol. The van der Waals surface area contributed by atoms with Gasteiger partial charge >= 0.3 is 6.18 Å². The molecule has 0 saturated carbocycles. The molecule has 0 atom stereocenters. The van der Waals surface area contributed by atoms with Crippen LogP contribution in [0.3, 0.4) is 0 Å². The lowest BCUT2D eigenvalue weighted by Crippen LogP contribution is -2.45. The Labute approximate surface area is 132 Å². The molecule has 0 saturated heterocycles. The summed E-state index contributed by atoms with van der Waals surface area (Å²) in [7, 11) is -4.11. The third-order valence-corrected chi connectivity index (χ3v) is 3.83. The quantitative estimate of drug-likeness (QED) is 0.860. The molecule has 0 fully saturated rings. The smallest absolute Gasteiger partial charge is 0.324 e. The molecule has 4 nitrogen and oxygen atoms in total. The number of hydrogen-bond acceptors (Lipinski definition) is 3. The molecule has 0 bridgehead atoms. The molecule has 0 radical (unpaired) electrons. The van der Waals surface area contributed by atoms with E-state index in [2.05, 4.69) is 4.72 Å². The van der Waals surface area contributed by atoms with E-state index in [-0.39, 0.29) is 24.0 Å². The topological polar surface area (TPSA) is 72.2 Å². The first-order valence-electron chi connectivity index (χ1n) is 5.48. The van der Waals surface area contributed by atoms with Gasteiger partial charge in [0.2, 0.25) is 10.0 Å². The predicted octanol–water partition coefficient (Wildman–Crippen LogP) is 2.80. The van der Waals surface area contributed by atoms with Crippen molar-refractivity contribution in [2.24, 2.45) is 5.73 Å². The minimum atomic E-state index is -4.68. The molecule has 0 unspecified atom stereocenters. The second kappa shape index (κ2) is 6.70. The molecule has 1 aromatic rings. The van der Waals surface area contributed by atoms with Crippen LogP contribution in [0.5, 0.6) is 0 Å². The van der Waals surface area contributed by atoms with Crippen molar-refractivity contribution in [3.63, 3.8) is 0 Å². The van der Waals surface area contributed by atoms with Crippen LogP contribution in [0.1, 0.15) is 19.4 Å². The number of nitrogens with two attached hydrogens (primary N) is 1. The van der Waals surface area contributed by atoms with E-state index in [9.17, 15) is 21.6 Å². The zero-order valence-corrected chi connectivity index (χ0v) is 13.6. The van der Waals surface area contributed by atoms with E-state index in [0.717, 1.165) is 6.07 Å². The van der Waals surface area contributed by atoms with Crippen LogP contribution in [-0.2, 0) is 16.2 Å². The molecule has 0 aliphatic rings. The van der Waals surface area contributed by atoms with Crippen LogP contribution < -0.4 is 10.5 Å². The molecule has 0 aliphatic carbocycles. The van der Waals surface area contributed by atoms with Crippen molar-refractivity contribution in [1.29, 1.82) is 0 Å². The first-order valence-corrected chi connectivity index (χ1v) is 7.34. The standard InChI is InChI=1S/C11H14ClF3N2O2S.ClH/c1-10(2,16)6-17-20(18,19)9-4-7(11(13,14)15)3-8(12)5-9;/h3-5,17H,6,16H2,1-2H3;1H. The molecule has 122 valence electrons. The van der Waals surface area contributed by atoms with Crippen LogP contribution in [0.15, 0.2) is 23.1 Å². The first kappa shape index (κ1) is 20.5. The van der Waals surface area contributed by atoms with E-state index in [1.165, 1.54) is 0 Å². The third-order valence-electron chi connectivity index (χ3n) is 2.23. The number of sulfonamides is 1. The maximum absolute atomic E-state index is 12.6.